The molecule has 2 unspecified atom stereocenters. The van der Waals surface area contributed by atoms with Crippen LogP contribution in [-0.2, 0) is 4.52 Å². The lowest BCUT2D eigenvalue weighted by Crippen LogP contribution is -2.48. The summed E-state index contributed by atoms with van der Waals surface area (Å²) >= 11 is 0. The molecule has 2 N–H and O–H groups in total. The van der Waals surface area contributed by atoms with E-state index < -0.39 is 19.0 Å². The first-order valence-electron chi connectivity index (χ1n) is 6.94. The zero-order valence-electron chi connectivity index (χ0n) is 13.5. The van der Waals surface area contributed by atoms with Crippen molar-refractivity contribution in [2.75, 3.05) is 0 Å². The fourth-order valence-corrected chi connectivity index (χ4v) is 8.81. The molecule has 0 aromatic carbocycles. The molecule has 0 saturated carbocycles. The van der Waals surface area contributed by atoms with Crippen molar-refractivity contribution in [3.8, 4) is 0 Å². The van der Waals surface area contributed by atoms with Crippen molar-refractivity contribution in [2.24, 2.45) is 0 Å². The van der Waals surface area contributed by atoms with E-state index in [-0.39, 0.29) is 25.4 Å². The Morgan fingerprint density at radius 1 is 1.16 bits per heavy atom. The zero-order chi connectivity index (χ0) is 15.3. The van der Waals surface area contributed by atoms with Crippen molar-refractivity contribution in [3.63, 3.8) is 0 Å². The Labute approximate surface area is 121 Å². The normalized spacial score (nSPS) is 25.6. The molecular formula is C13H29BO3P2. The van der Waals surface area contributed by atoms with E-state index in [4.69, 9.17) is 4.52 Å². The molecule has 6 heteroatoms. The summed E-state index contributed by atoms with van der Waals surface area (Å²) in [7, 11) is -0.395. The molecule has 0 amide bonds. The fourth-order valence-electron chi connectivity index (χ4n) is 2.36. The molecule has 0 radical (unpaired) electrons. The number of aliphatic hydroxyl groups is 1. The minimum atomic E-state index is -0.873. The monoisotopic (exact) mass is 306 g/mol. The quantitative estimate of drug-likeness (QED) is 0.582. The lowest BCUT2D eigenvalue weighted by Gasteiger charge is -2.39. The van der Waals surface area contributed by atoms with Gasteiger partial charge >= 0.3 is 6.35 Å². The largest absolute Gasteiger partial charge is 0.441 e. The molecule has 1 aliphatic heterocycles. The first-order valence-corrected chi connectivity index (χ1v) is 9.34. The molecule has 0 spiro atoms. The van der Waals surface area contributed by atoms with Crippen molar-refractivity contribution in [1.82, 2.24) is 0 Å². The Balaban J connectivity index is 2.60. The molecule has 0 bridgehead atoms. The Bertz CT molecular complexity index is 329. The SMILES string of the molecule is CCC(C)(O)C(C)(C)OPB(O)P1C(C)(C)C1(C)C. The van der Waals surface area contributed by atoms with Crippen LogP contribution >= 0.6 is 16.5 Å². The highest BCUT2D eigenvalue weighted by Crippen LogP contribution is 2.84. The highest BCUT2D eigenvalue weighted by molar-refractivity contribution is 8.16. The highest BCUT2D eigenvalue weighted by atomic mass is 31.2. The van der Waals surface area contributed by atoms with E-state index in [0.29, 0.717) is 6.42 Å². The van der Waals surface area contributed by atoms with Crippen LogP contribution in [-0.4, -0.2) is 38.0 Å². The van der Waals surface area contributed by atoms with Gasteiger partial charge in [0.15, 0.2) is 0 Å². The molecule has 0 aromatic heterocycles. The van der Waals surface area contributed by atoms with Crippen molar-refractivity contribution < 1.29 is 14.7 Å². The number of hydrogen-bond acceptors (Lipinski definition) is 3. The topological polar surface area (TPSA) is 49.7 Å². The lowest BCUT2D eigenvalue weighted by atomic mass is 9.86. The third-order valence-corrected chi connectivity index (χ3v) is 11.0. The van der Waals surface area contributed by atoms with Gasteiger partial charge in [0, 0.05) is 8.69 Å². The average Bonchev–Trinajstić information content (AvgIpc) is 2.66. The maximum Gasteiger partial charge on any atom is 0.373 e. The van der Waals surface area contributed by atoms with Crippen molar-refractivity contribution in [3.05, 3.63) is 0 Å². The molecule has 2 atom stereocenters. The molecule has 1 fully saturated rings. The summed E-state index contributed by atoms with van der Waals surface area (Å²) in [6, 6.07) is 0. The Hall–Kier alpha value is 0.805. The van der Waals surface area contributed by atoms with Gasteiger partial charge in [0.05, 0.1) is 11.2 Å². The minimum Gasteiger partial charge on any atom is -0.441 e. The van der Waals surface area contributed by atoms with E-state index in [1.807, 2.05) is 20.8 Å². The Kier molecular flexibility index (Phi) is 4.90. The molecule has 1 rings (SSSR count). The molecular weight excluding hydrogens is 277 g/mol. The maximum absolute atomic E-state index is 10.4. The summed E-state index contributed by atoms with van der Waals surface area (Å²) < 4.78 is 5.88. The van der Waals surface area contributed by atoms with E-state index >= 15 is 0 Å². The van der Waals surface area contributed by atoms with Crippen molar-refractivity contribution >= 4 is 22.8 Å². The second-order valence-electron chi connectivity index (χ2n) is 7.22. The van der Waals surface area contributed by atoms with E-state index in [1.54, 1.807) is 6.92 Å². The standard InChI is InChI=1S/C13H29BO3P2/c1-9-13(8,15)10(2,3)17-18-14(16)19-11(4,5)12(19,6)7/h15-16,18H,9H2,1-8H3. The van der Waals surface area contributed by atoms with Gasteiger partial charge in [-0.05, 0) is 37.5 Å². The smallest absolute Gasteiger partial charge is 0.373 e. The van der Waals surface area contributed by atoms with Gasteiger partial charge in [-0.15, -0.1) is 0 Å². The van der Waals surface area contributed by atoms with Crippen LogP contribution in [0.25, 0.3) is 0 Å². The molecule has 0 aliphatic carbocycles. The van der Waals surface area contributed by atoms with Crippen molar-refractivity contribution in [2.45, 2.75) is 83.3 Å². The first kappa shape index (κ1) is 17.9. The first-order chi connectivity index (χ1) is 8.31. The molecule has 1 heterocycles. The summed E-state index contributed by atoms with van der Waals surface area (Å²) in [4.78, 5) is 0. The second-order valence-corrected chi connectivity index (χ2v) is 12.2. The molecule has 1 saturated heterocycles. The van der Waals surface area contributed by atoms with Gasteiger partial charge in [0.25, 0.3) is 0 Å². The summed E-state index contributed by atoms with van der Waals surface area (Å²) in [6.07, 6.45) is 0.249. The molecule has 0 aromatic rings. The maximum atomic E-state index is 10.4. The predicted molar refractivity (Wildman–Crippen MR) is 87.4 cm³/mol. The highest BCUT2D eigenvalue weighted by Gasteiger charge is 2.68. The summed E-state index contributed by atoms with van der Waals surface area (Å²) in [5.41, 5.74) is -1.51. The van der Waals surface area contributed by atoms with Gasteiger partial charge in [-0.25, -0.2) is 0 Å². The van der Waals surface area contributed by atoms with Gasteiger partial charge < -0.3 is 14.7 Å². The Morgan fingerprint density at radius 2 is 1.58 bits per heavy atom. The van der Waals surface area contributed by atoms with Crippen LogP contribution < -0.4 is 0 Å². The van der Waals surface area contributed by atoms with Gasteiger partial charge in [-0.3, -0.25) is 0 Å². The third-order valence-electron chi connectivity index (χ3n) is 5.30. The fraction of sp³-hybridized carbons (Fsp3) is 1.00. The van der Waals surface area contributed by atoms with E-state index in [0.717, 1.165) is 0 Å². The van der Waals surface area contributed by atoms with Crippen LogP contribution in [0.4, 0.5) is 0 Å². The van der Waals surface area contributed by atoms with Crippen LogP contribution in [0.1, 0.15) is 61.8 Å². The van der Waals surface area contributed by atoms with Gasteiger partial charge in [0.2, 0.25) is 0 Å². The van der Waals surface area contributed by atoms with E-state index in [1.165, 1.54) is 0 Å². The number of hydrogen-bond donors (Lipinski definition) is 2. The van der Waals surface area contributed by atoms with Gasteiger partial charge in [-0.2, -0.15) is 0 Å². The van der Waals surface area contributed by atoms with Gasteiger partial charge in [-0.1, -0.05) is 42.4 Å². The van der Waals surface area contributed by atoms with Crippen LogP contribution in [0, 0.1) is 0 Å². The summed E-state index contributed by atoms with van der Waals surface area (Å²) in [5.74, 6) is 0. The predicted octanol–water partition coefficient (Wildman–Crippen LogP) is 3.57. The van der Waals surface area contributed by atoms with Gasteiger partial charge in [0.1, 0.15) is 0 Å². The van der Waals surface area contributed by atoms with E-state index in [9.17, 15) is 10.1 Å². The average molecular weight is 306 g/mol. The summed E-state index contributed by atoms with van der Waals surface area (Å²) in [6.45, 7) is 16.4. The van der Waals surface area contributed by atoms with Crippen LogP contribution in [0.5, 0.6) is 0 Å². The Morgan fingerprint density at radius 3 is 1.89 bits per heavy atom. The van der Waals surface area contributed by atoms with Crippen molar-refractivity contribution in [1.29, 1.82) is 0 Å². The number of rotatable bonds is 6. The van der Waals surface area contributed by atoms with Crippen LogP contribution in [0.3, 0.4) is 0 Å². The second kappa shape index (κ2) is 5.22. The third kappa shape index (κ3) is 3.04. The van der Waals surface area contributed by atoms with Crippen LogP contribution in [0.15, 0.2) is 0 Å². The minimum absolute atomic E-state index is 0.0346. The molecule has 112 valence electrons. The molecule has 3 nitrogen and oxygen atoms in total. The zero-order valence-corrected chi connectivity index (χ0v) is 15.4. The van der Waals surface area contributed by atoms with Crippen LogP contribution in [0.2, 0.25) is 0 Å². The molecule has 1 aliphatic rings. The molecule has 19 heavy (non-hydrogen) atoms. The van der Waals surface area contributed by atoms with E-state index in [2.05, 4.69) is 27.7 Å². The lowest BCUT2D eigenvalue weighted by molar-refractivity contribution is -0.0981. The summed E-state index contributed by atoms with van der Waals surface area (Å²) in [5, 5.41) is 21.2.